The monoisotopic (exact) mass is 522 g/mol. The van der Waals surface area contributed by atoms with Gasteiger partial charge in [-0.2, -0.15) is 0 Å². The summed E-state index contributed by atoms with van der Waals surface area (Å²) in [4.78, 5) is 20.7. The van der Waals surface area contributed by atoms with Gasteiger partial charge < -0.3 is 19.7 Å². The Labute approximate surface area is 195 Å². The molecule has 2 N–H and O–H groups in total. The molecule has 1 atom stereocenters. The zero-order valence-corrected chi connectivity index (χ0v) is 18.9. The molecule has 0 aliphatic heterocycles. The van der Waals surface area contributed by atoms with Crippen LogP contribution in [0.1, 0.15) is 6.92 Å². The number of benzene rings is 2. The van der Waals surface area contributed by atoms with Gasteiger partial charge in [0.25, 0.3) is 0 Å². The van der Waals surface area contributed by atoms with Gasteiger partial charge in [0.1, 0.15) is 11.5 Å². The van der Waals surface area contributed by atoms with E-state index in [0.717, 1.165) is 0 Å². The maximum absolute atomic E-state index is 10.5. The average molecular weight is 525 g/mol. The van der Waals surface area contributed by atoms with Gasteiger partial charge in [-0.1, -0.05) is 69.6 Å². The summed E-state index contributed by atoms with van der Waals surface area (Å²) in [7, 11) is 0. The van der Waals surface area contributed by atoms with Crippen LogP contribution in [0, 0.1) is 0 Å². The minimum absolute atomic E-state index is 0.195. The first-order valence-corrected chi connectivity index (χ1v) is 9.72. The van der Waals surface area contributed by atoms with E-state index >= 15 is 0 Å². The van der Waals surface area contributed by atoms with Gasteiger partial charge in [-0.05, 0) is 19.1 Å². The molecular weight excluding hydrogens is 513 g/mol. The molecule has 0 aliphatic rings. The molecule has 2 aromatic carbocycles. The van der Waals surface area contributed by atoms with Gasteiger partial charge >= 0.3 is 11.9 Å². The molecule has 0 aliphatic carbocycles. The van der Waals surface area contributed by atoms with E-state index in [-0.39, 0.29) is 36.6 Å². The predicted octanol–water partition coefficient (Wildman–Crippen LogP) is 6.61. The molecule has 0 aromatic heterocycles. The Kier molecular flexibility index (Phi) is 10.5. The fraction of sp³-hybridized carbons (Fsp3) is 0.176. The van der Waals surface area contributed by atoms with Gasteiger partial charge in [0, 0.05) is 12.1 Å². The molecule has 0 radical (unpaired) electrons. The molecule has 1 unspecified atom stereocenters. The summed E-state index contributed by atoms with van der Waals surface area (Å²) in [6.07, 6.45) is -1.00. The summed E-state index contributed by atoms with van der Waals surface area (Å²) >= 11 is 34.3. The van der Waals surface area contributed by atoms with Crippen LogP contribution in [0.3, 0.4) is 0 Å². The first kappa shape index (κ1) is 25.8. The van der Waals surface area contributed by atoms with Crippen molar-refractivity contribution in [3.8, 4) is 11.5 Å². The molecule has 0 saturated heterocycles. The fourth-order valence-electron chi connectivity index (χ4n) is 1.59. The van der Waals surface area contributed by atoms with Gasteiger partial charge in [-0.15, -0.1) is 0 Å². The Bertz CT molecular complexity index is 904. The van der Waals surface area contributed by atoms with E-state index in [9.17, 15) is 9.59 Å². The lowest BCUT2D eigenvalue weighted by molar-refractivity contribution is -0.144. The van der Waals surface area contributed by atoms with E-state index in [4.69, 9.17) is 89.3 Å². The summed E-state index contributed by atoms with van der Waals surface area (Å²) < 4.78 is 9.93. The quantitative estimate of drug-likeness (QED) is 0.413. The van der Waals surface area contributed by atoms with Gasteiger partial charge in [-0.3, -0.25) is 0 Å². The third kappa shape index (κ3) is 8.54. The Hall–Kier alpha value is -1.28. The average Bonchev–Trinajstić information content (AvgIpc) is 2.62. The zero-order valence-electron chi connectivity index (χ0n) is 14.4. The lowest BCUT2D eigenvalue weighted by Gasteiger charge is -2.12. The van der Waals surface area contributed by atoms with Crippen molar-refractivity contribution in [3.05, 3.63) is 54.4 Å². The Morgan fingerprint density at radius 1 is 0.793 bits per heavy atom. The van der Waals surface area contributed by atoms with E-state index in [2.05, 4.69) is 0 Å². The van der Waals surface area contributed by atoms with Gasteiger partial charge in [0.2, 0.25) is 0 Å². The van der Waals surface area contributed by atoms with E-state index < -0.39 is 24.6 Å². The molecule has 0 bridgehead atoms. The Balaban J connectivity index is 0.000000291. The maximum atomic E-state index is 10.5. The molecule has 0 spiro atoms. The first-order chi connectivity index (χ1) is 13.4. The Morgan fingerprint density at radius 3 is 1.66 bits per heavy atom. The van der Waals surface area contributed by atoms with Gasteiger partial charge in [0.15, 0.2) is 12.7 Å². The highest BCUT2D eigenvalue weighted by atomic mass is 35.5. The van der Waals surface area contributed by atoms with E-state index in [0.29, 0.717) is 5.02 Å². The van der Waals surface area contributed by atoms with Crippen LogP contribution in [-0.2, 0) is 9.59 Å². The van der Waals surface area contributed by atoms with Crippen molar-refractivity contribution in [3.63, 3.8) is 0 Å². The van der Waals surface area contributed by atoms with Crippen molar-refractivity contribution in [1.29, 1.82) is 0 Å². The number of hydrogen-bond donors (Lipinski definition) is 2. The molecule has 0 saturated carbocycles. The van der Waals surface area contributed by atoms with E-state index in [1.165, 1.54) is 31.2 Å². The molecule has 0 heterocycles. The number of carbonyl (C=O) groups is 2. The second-order valence-electron chi connectivity index (χ2n) is 5.17. The highest BCUT2D eigenvalue weighted by Crippen LogP contribution is 2.35. The molecule has 6 nitrogen and oxygen atoms in total. The molecule has 158 valence electrons. The molecular formula is C17H12Cl6O6. The van der Waals surface area contributed by atoms with Crippen LogP contribution in [0.15, 0.2) is 24.3 Å². The zero-order chi connectivity index (χ0) is 22.3. The Morgan fingerprint density at radius 2 is 1.21 bits per heavy atom. The van der Waals surface area contributed by atoms with Crippen LogP contribution >= 0.6 is 69.6 Å². The topological polar surface area (TPSA) is 93.1 Å². The van der Waals surface area contributed by atoms with E-state index in [1.807, 2.05) is 0 Å². The first-order valence-electron chi connectivity index (χ1n) is 7.45. The summed E-state index contributed by atoms with van der Waals surface area (Å²) in [6.45, 7) is 0.916. The number of ether oxygens (including phenoxy) is 2. The number of carboxylic acids is 2. The molecule has 0 fully saturated rings. The van der Waals surface area contributed by atoms with Gasteiger partial charge in [-0.25, -0.2) is 9.59 Å². The normalized spacial score (nSPS) is 11.1. The highest BCUT2D eigenvalue weighted by molar-refractivity contribution is 6.44. The van der Waals surface area contributed by atoms with Crippen molar-refractivity contribution < 1.29 is 29.3 Å². The third-order valence-electron chi connectivity index (χ3n) is 2.95. The minimum Gasteiger partial charge on any atom is -0.480 e. The van der Waals surface area contributed by atoms with Crippen LogP contribution in [0.2, 0.25) is 30.1 Å². The second kappa shape index (κ2) is 11.8. The van der Waals surface area contributed by atoms with Crippen LogP contribution in [0.25, 0.3) is 0 Å². The molecule has 2 rings (SSSR count). The highest BCUT2D eigenvalue weighted by Gasteiger charge is 2.15. The number of aliphatic carboxylic acids is 2. The van der Waals surface area contributed by atoms with Crippen molar-refractivity contribution in [2.75, 3.05) is 6.61 Å². The molecule has 12 heteroatoms. The lowest BCUT2D eigenvalue weighted by Crippen LogP contribution is -2.22. The lowest BCUT2D eigenvalue weighted by atomic mass is 10.3. The molecule has 29 heavy (non-hydrogen) atoms. The third-order valence-corrected chi connectivity index (χ3v) is 4.99. The number of halogens is 6. The van der Waals surface area contributed by atoms with Crippen molar-refractivity contribution in [2.24, 2.45) is 0 Å². The van der Waals surface area contributed by atoms with Crippen LogP contribution in [-0.4, -0.2) is 34.9 Å². The standard InChI is InChI=1S/C9H7Cl3O3.C8H5Cl3O3/c1-4(9(13)14)15-8-3-6(11)5(10)2-7(8)12;9-4-1-6(11)7(2-5(4)10)14-3-8(12)13/h2-4H,1H3,(H,13,14);1-2H,3H2,(H,12,13). The summed E-state index contributed by atoms with van der Waals surface area (Å²) in [5, 5.41) is 18.5. The molecule has 0 amide bonds. The van der Waals surface area contributed by atoms with Crippen molar-refractivity contribution in [2.45, 2.75) is 13.0 Å². The van der Waals surface area contributed by atoms with Crippen LogP contribution in [0.4, 0.5) is 0 Å². The maximum Gasteiger partial charge on any atom is 0.344 e. The summed E-state index contributed by atoms with van der Waals surface area (Å²) in [5.74, 6) is -1.78. The second-order valence-corrected chi connectivity index (χ2v) is 7.62. The summed E-state index contributed by atoms with van der Waals surface area (Å²) in [5.41, 5.74) is 0. The van der Waals surface area contributed by atoms with Crippen LogP contribution in [0.5, 0.6) is 11.5 Å². The smallest absolute Gasteiger partial charge is 0.344 e. The van der Waals surface area contributed by atoms with Gasteiger partial charge in [0.05, 0.1) is 30.1 Å². The number of carboxylic acid groups (broad SMARTS) is 2. The molecule has 2 aromatic rings. The SMILES string of the molecule is CC(Oc1cc(Cl)c(Cl)cc1Cl)C(=O)O.O=C(O)COc1cc(Cl)c(Cl)cc1Cl. The van der Waals surface area contributed by atoms with Crippen molar-refractivity contribution >= 4 is 81.5 Å². The minimum atomic E-state index is -1.09. The fourth-order valence-corrected chi connectivity index (χ4v) is 2.76. The summed E-state index contributed by atoms with van der Waals surface area (Å²) in [6, 6.07) is 5.54. The van der Waals surface area contributed by atoms with Crippen LogP contribution < -0.4 is 9.47 Å². The number of rotatable bonds is 6. The van der Waals surface area contributed by atoms with Crippen molar-refractivity contribution in [1.82, 2.24) is 0 Å². The predicted molar refractivity (Wildman–Crippen MR) is 114 cm³/mol. The van der Waals surface area contributed by atoms with E-state index in [1.54, 1.807) is 0 Å². The largest absolute Gasteiger partial charge is 0.480 e. The number of hydrogen-bond acceptors (Lipinski definition) is 4.